The molecule has 2 nitrogen and oxygen atoms in total. The van der Waals surface area contributed by atoms with Crippen LogP contribution in [0, 0.1) is 0 Å². The molecule has 0 radical (unpaired) electrons. The van der Waals surface area contributed by atoms with Crippen molar-refractivity contribution >= 4 is 32.6 Å². The lowest BCUT2D eigenvalue weighted by Crippen LogP contribution is -1.99. The summed E-state index contributed by atoms with van der Waals surface area (Å²) in [6, 6.07) is 58.8. The predicted octanol–water partition coefficient (Wildman–Crippen LogP) is 13.7. The molecule has 10 aromatic rings. The van der Waals surface area contributed by atoms with Crippen molar-refractivity contribution in [2.24, 2.45) is 0 Å². The van der Waals surface area contributed by atoms with Crippen LogP contribution in [0.1, 0.15) is 6.85 Å². The molecule has 0 aliphatic carbocycles. The predicted molar refractivity (Wildman–Crippen MR) is 223 cm³/mol. The first-order chi connectivity index (χ1) is 28.4. The van der Waals surface area contributed by atoms with Crippen LogP contribution >= 0.6 is 0 Å². The molecule has 0 atom stereocenters. The van der Waals surface area contributed by atoms with Crippen LogP contribution in [0.2, 0.25) is 0 Å². The Morgan fingerprint density at radius 1 is 0.396 bits per heavy atom. The van der Waals surface area contributed by atoms with Crippen molar-refractivity contribution in [1.82, 2.24) is 9.55 Å². The van der Waals surface area contributed by atoms with E-state index in [9.17, 15) is 0 Å². The van der Waals surface area contributed by atoms with E-state index in [4.69, 9.17) is 11.8 Å². The molecule has 0 unspecified atom stereocenters. The molecule has 0 saturated heterocycles. The largest absolute Gasteiger partial charge is 0.292 e. The third kappa shape index (κ3) is 5.32. The number of fused-ring (bicyclic) bond motifs is 3. The zero-order chi connectivity index (χ0) is 39.5. The summed E-state index contributed by atoms with van der Waals surface area (Å²) in [4.78, 5) is 5.14. The molecular formula is C51H34N2. The van der Waals surface area contributed by atoms with Gasteiger partial charge in [0, 0.05) is 11.3 Å². The van der Waals surface area contributed by atoms with Crippen LogP contribution in [0.15, 0.2) is 206 Å². The second-order valence-corrected chi connectivity index (χ2v) is 13.2. The number of benzene rings is 9. The molecule has 1 aromatic heterocycles. The van der Waals surface area contributed by atoms with E-state index in [0.29, 0.717) is 16.9 Å². The van der Waals surface area contributed by atoms with Crippen LogP contribution < -0.4 is 0 Å². The van der Waals surface area contributed by atoms with Gasteiger partial charge < -0.3 is 0 Å². The van der Waals surface area contributed by atoms with E-state index in [1.54, 1.807) is 4.57 Å². The first kappa shape index (κ1) is 25.8. The van der Waals surface area contributed by atoms with E-state index >= 15 is 0 Å². The van der Waals surface area contributed by atoms with Crippen LogP contribution in [0.5, 0.6) is 0 Å². The number of hydrogen-bond acceptors (Lipinski definition) is 1. The Balaban J connectivity index is 1.28. The van der Waals surface area contributed by atoms with E-state index < -0.39 is 18.1 Å². The average molecular weight is 680 g/mol. The monoisotopic (exact) mass is 679 g/mol. The summed E-state index contributed by atoms with van der Waals surface area (Å²) in [5.41, 5.74) is 10.8. The highest BCUT2D eigenvalue weighted by Gasteiger charge is 2.22. The Kier molecular flexibility index (Phi) is 6.31. The molecule has 9 aromatic carbocycles. The van der Waals surface area contributed by atoms with Crippen molar-refractivity contribution in [2.75, 3.05) is 0 Å². The minimum atomic E-state index is -0.437. The lowest BCUT2D eigenvalue weighted by Gasteiger charge is -2.20. The van der Waals surface area contributed by atoms with Crippen LogP contribution in [0.4, 0.5) is 0 Å². The van der Waals surface area contributed by atoms with Gasteiger partial charge >= 0.3 is 0 Å². The Morgan fingerprint density at radius 2 is 0.868 bits per heavy atom. The molecule has 0 aliphatic heterocycles. The third-order valence-corrected chi connectivity index (χ3v) is 10.1. The van der Waals surface area contributed by atoms with Gasteiger partial charge in [0.25, 0.3) is 0 Å². The van der Waals surface area contributed by atoms with Gasteiger partial charge in [-0.15, -0.1) is 0 Å². The van der Waals surface area contributed by atoms with Gasteiger partial charge in [-0.05, 0) is 108 Å². The van der Waals surface area contributed by atoms with Crippen molar-refractivity contribution in [3.8, 4) is 61.6 Å². The van der Waals surface area contributed by atoms with Crippen LogP contribution in [-0.4, -0.2) is 9.55 Å². The first-order valence-electron chi connectivity index (χ1n) is 20.2. The van der Waals surface area contributed by atoms with Crippen molar-refractivity contribution in [3.63, 3.8) is 0 Å². The molecule has 2 heteroatoms. The van der Waals surface area contributed by atoms with Crippen molar-refractivity contribution in [3.05, 3.63) is 206 Å². The van der Waals surface area contributed by atoms with Crippen molar-refractivity contribution in [1.29, 1.82) is 0 Å². The van der Waals surface area contributed by atoms with E-state index in [0.717, 1.165) is 71.6 Å². The standard InChI is InChI=1S/C51H34N2/c1-4-18-35(19-5-1)37-32-38(36-20-6-2-7-21-36)34-39(33-37)49-41-24-10-12-26-43(41)50(44-27-13-11-25-42(44)49)45-28-14-15-29-46(45)51-52-47-30-16-17-31-48(47)53(51)40-22-8-3-9-23-40/h1-34H/i3D,8D,9D,22D,23D. The summed E-state index contributed by atoms with van der Waals surface area (Å²) in [5, 5.41) is 4.30. The normalized spacial score (nSPS) is 12.7. The lowest BCUT2D eigenvalue weighted by molar-refractivity contribution is 1.10. The zero-order valence-corrected chi connectivity index (χ0v) is 28.6. The molecule has 1 heterocycles. The minimum Gasteiger partial charge on any atom is -0.292 e. The van der Waals surface area contributed by atoms with E-state index in [2.05, 4.69) is 121 Å². The molecule has 0 amide bonds. The highest BCUT2D eigenvalue weighted by Crippen LogP contribution is 2.47. The minimum absolute atomic E-state index is 0.0575. The van der Waals surface area contributed by atoms with Gasteiger partial charge in [0.1, 0.15) is 5.82 Å². The molecule has 0 fully saturated rings. The molecule has 10 rings (SSSR count). The fourth-order valence-electron chi connectivity index (χ4n) is 7.78. The molecule has 0 spiro atoms. The summed E-state index contributed by atoms with van der Waals surface area (Å²) in [6.45, 7) is 0. The van der Waals surface area contributed by atoms with Gasteiger partial charge in [-0.2, -0.15) is 0 Å². The molecular weight excluding hydrogens is 641 g/mol. The van der Waals surface area contributed by atoms with Gasteiger partial charge in [-0.3, -0.25) is 4.57 Å². The highest BCUT2D eigenvalue weighted by atomic mass is 15.1. The van der Waals surface area contributed by atoms with Crippen LogP contribution in [0.3, 0.4) is 0 Å². The Bertz CT molecular complexity index is 3080. The van der Waals surface area contributed by atoms with Crippen LogP contribution in [0.25, 0.3) is 94.2 Å². The molecule has 0 saturated carbocycles. The number of imidazole rings is 1. The summed E-state index contributed by atoms with van der Waals surface area (Å²) in [5.74, 6) is 0.482. The summed E-state index contributed by atoms with van der Waals surface area (Å²) in [6.07, 6.45) is 0. The summed E-state index contributed by atoms with van der Waals surface area (Å²) in [7, 11) is 0. The number of para-hydroxylation sites is 3. The van der Waals surface area contributed by atoms with Crippen molar-refractivity contribution < 1.29 is 6.85 Å². The van der Waals surface area contributed by atoms with E-state index in [-0.39, 0.29) is 17.8 Å². The number of rotatable bonds is 6. The second-order valence-electron chi connectivity index (χ2n) is 13.2. The van der Waals surface area contributed by atoms with Gasteiger partial charge in [-0.1, -0.05) is 164 Å². The highest BCUT2D eigenvalue weighted by molar-refractivity contribution is 6.22. The Labute approximate surface area is 315 Å². The maximum Gasteiger partial charge on any atom is 0.146 e. The fraction of sp³-hybridized carbons (Fsp3) is 0. The van der Waals surface area contributed by atoms with E-state index in [1.165, 1.54) is 0 Å². The maximum atomic E-state index is 9.00. The zero-order valence-electron chi connectivity index (χ0n) is 33.6. The lowest BCUT2D eigenvalue weighted by atomic mass is 9.83. The number of nitrogens with zero attached hydrogens (tertiary/aromatic N) is 2. The van der Waals surface area contributed by atoms with E-state index in [1.807, 2.05) is 54.6 Å². The summed E-state index contributed by atoms with van der Waals surface area (Å²) >= 11 is 0. The average Bonchev–Trinajstić information content (AvgIpc) is 3.66. The van der Waals surface area contributed by atoms with Crippen LogP contribution in [-0.2, 0) is 0 Å². The van der Waals surface area contributed by atoms with Gasteiger partial charge in [0.15, 0.2) is 0 Å². The fourth-order valence-corrected chi connectivity index (χ4v) is 7.78. The first-order valence-corrected chi connectivity index (χ1v) is 17.7. The molecule has 248 valence electrons. The third-order valence-electron chi connectivity index (χ3n) is 10.1. The second kappa shape index (κ2) is 12.9. The Hall–Kier alpha value is -7.03. The molecule has 0 aliphatic rings. The maximum absolute atomic E-state index is 9.00. The SMILES string of the molecule is [2H]c1c([2H])c([2H])c(-n2c(-c3ccccc3-c3c4ccccc4c(-c4cc(-c5ccccc5)cc(-c5ccccc5)c4)c4ccccc34)nc3ccccc32)c([2H])c1[2H]. The van der Waals surface area contributed by atoms with Gasteiger partial charge in [0.2, 0.25) is 0 Å². The molecule has 0 bridgehead atoms. The number of hydrogen-bond donors (Lipinski definition) is 0. The quantitative estimate of drug-likeness (QED) is 0.160. The Morgan fingerprint density at radius 3 is 1.47 bits per heavy atom. The molecule has 0 N–H and O–H groups in total. The number of aromatic nitrogens is 2. The topological polar surface area (TPSA) is 17.8 Å². The summed E-state index contributed by atoms with van der Waals surface area (Å²) < 4.78 is 45.2. The smallest absolute Gasteiger partial charge is 0.146 e. The van der Waals surface area contributed by atoms with Crippen molar-refractivity contribution in [2.45, 2.75) is 0 Å². The molecule has 53 heavy (non-hydrogen) atoms. The van der Waals surface area contributed by atoms with Gasteiger partial charge in [-0.25, -0.2) is 4.98 Å². The van der Waals surface area contributed by atoms with Gasteiger partial charge in [0.05, 0.1) is 17.9 Å².